The first-order chi connectivity index (χ1) is 13.3. The van der Waals surface area contributed by atoms with E-state index < -0.39 is 10.0 Å². The molecule has 2 rings (SSSR count). The number of methoxy groups -OCH3 is 1. The van der Waals surface area contributed by atoms with E-state index in [0.29, 0.717) is 0 Å². The molecule has 0 saturated carbocycles. The molecular weight excluding hydrogens is 376 g/mol. The number of rotatable bonds is 8. The van der Waals surface area contributed by atoms with Crippen molar-refractivity contribution < 1.29 is 17.9 Å². The first-order valence-electron chi connectivity index (χ1n) is 8.76. The molecule has 1 unspecified atom stereocenters. The molecule has 0 radical (unpaired) electrons. The van der Waals surface area contributed by atoms with Gasteiger partial charge < -0.3 is 10.1 Å². The Morgan fingerprint density at radius 2 is 1.86 bits per heavy atom. The van der Waals surface area contributed by atoms with E-state index >= 15 is 0 Å². The van der Waals surface area contributed by atoms with Crippen molar-refractivity contribution in [2.24, 2.45) is 5.92 Å². The molecule has 2 aromatic rings. The van der Waals surface area contributed by atoms with Crippen LogP contribution in [0.25, 0.3) is 0 Å². The number of amides is 1. The summed E-state index contributed by atoms with van der Waals surface area (Å²) in [5, 5.41) is 2.98. The lowest BCUT2D eigenvalue weighted by molar-refractivity contribution is 0.0925. The molecule has 0 aliphatic heterocycles. The zero-order valence-electron chi connectivity index (χ0n) is 16.1. The van der Waals surface area contributed by atoms with Crippen LogP contribution in [0.15, 0.2) is 53.4 Å². The van der Waals surface area contributed by atoms with Crippen LogP contribution in [0.4, 0.5) is 0 Å². The number of hydrogen-bond donors (Lipinski definition) is 2. The molecule has 2 N–H and O–H groups in total. The summed E-state index contributed by atoms with van der Waals surface area (Å²) in [6.07, 6.45) is 5.10. The molecule has 0 aromatic heterocycles. The second-order valence-corrected chi connectivity index (χ2v) is 8.29. The zero-order valence-corrected chi connectivity index (χ0v) is 16.9. The highest BCUT2D eigenvalue weighted by atomic mass is 32.2. The molecule has 7 heteroatoms. The van der Waals surface area contributed by atoms with Gasteiger partial charge in [-0.25, -0.2) is 8.42 Å². The Hall–Kier alpha value is -2.82. The highest BCUT2D eigenvalue weighted by Gasteiger charge is 2.21. The van der Waals surface area contributed by atoms with E-state index in [2.05, 4.69) is 16.0 Å². The van der Waals surface area contributed by atoms with Crippen LogP contribution in [0.3, 0.4) is 0 Å². The molecule has 0 spiro atoms. The van der Waals surface area contributed by atoms with E-state index in [-0.39, 0.29) is 34.9 Å². The highest BCUT2D eigenvalue weighted by molar-refractivity contribution is 7.89. The van der Waals surface area contributed by atoms with Crippen molar-refractivity contribution in [1.82, 2.24) is 10.0 Å². The maximum atomic E-state index is 12.8. The Bertz CT molecular complexity index is 961. The van der Waals surface area contributed by atoms with Crippen molar-refractivity contribution in [2.45, 2.75) is 24.8 Å². The highest BCUT2D eigenvalue weighted by Crippen LogP contribution is 2.24. The summed E-state index contributed by atoms with van der Waals surface area (Å²) in [6.45, 7) is 3.88. The zero-order chi connectivity index (χ0) is 20.7. The number of benzene rings is 2. The fourth-order valence-electron chi connectivity index (χ4n) is 2.70. The summed E-state index contributed by atoms with van der Waals surface area (Å²) in [6, 6.07) is 13.1. The maximum Gasteiger partial charge on any atom is 0.251 e. The minimum atomic E-state index is -3.77. The summed E-state index contributed by atoms with van der Waals surface area (Å²) in [7, 11) is -2.18. The Morgan fingerprint density at radius 1 is 1.18 bits per heavy atom. The van der Waals surface area contributed by atoms with Gasteiger partial charge in [-0.05, 0) is 41.8 Å². The summed E-state index contributed by atoms with van der Waals surface area (Å²) in [5.74, 6) is 2.72. The van der Waals surface area contributed by atoms with Crippen LogP contribution in [-0.4, -0.2) is 28.0 Å². The predicted octanol–water partition coefficient (Wildman–Crippen LogP) is 2.73. The summed E-state index contributed by atoms with van der Waals surface area (Å²) >= 11 is 0. The van der Waals surface area contributed by atoms with Gasteiger partial charge in [0.2, 0.25) is 10.0 Å². The maximum absolute atomic E-state index is 12.8. The lowest BCUT2D eigenvalue weighted by atomic mass is 9.95. The van der Waals surface area contributed by atoms with Gasteiger partial charge in [-0.3, -0.25) is 4.79 Å². The van der Waals surface area contributed by atoms with Crippen LogP contribution in [0.2, 0.25) is 0 Å². The smallest absolute Gasteiger partial charge is 0.251 e. The van der Waals surface area contributed by atoms with Gasteiger partial charge in [0, 0.05) is 5.56 Å². The molecule has 0 bridgehead atoms. The molecule has 6 nitrogen and oxygen atoms in total. The molecule has 0 saturated heterocycles. The van der Waals surface area contributed by atoms with Gasteiger partial charge in [-0.15, -0.1) is 6.42 Å². The molecule has 0 aliphatic carbocycles. The minimum absolute atomic E-state index is 0.0130. The summed E-state index contributed by atoms with van der Waals surface area (Å²) < 4.78 is 31.9. The lowest BCUT2D eigenvalue weighted by Gasteiger charge is -2.23. The van der Waals surface area contributed by atoms with Crippen molar-refractivity contribution in [3.05, 3.63) is 59.7 Å². The molecule has 2 aromatic carbocycles. The van der Waals surface area contributed by atoms with Crippen molar-refractivity contribution in [2.75, 3.05) is 13.7 Å². The third-order valence-corrected chi connectivity index (χ3v) is 5.60. The van der Waals surface area contributed by atoms with E-state index in [1.165, 1.54) is 18.2 Å². The first kappa shape index (κ1) is 21.5. The lowest BCUT2D eigenvalue weighted by Crippen LogP contribution is -2.32. The monoisotopic (exact) mass is 400 g/mol. The van der Waals surface area contributed by atoms with E-state index in [1.807, 2.05) is 38.1 Å². The standard InChI is InChI=1S/C21H24N2O4S/c1-5-13-22-28(25,26)19-8-6-7-17(14-19)21(24)23-20(15(2)3)16-9-11-18(27-4)12-10-16/h1,6-12,14-15,20,22H,13H2,2-4H3,(H,23,24). The number of nitrogens with one attached hydrogen (secondary N) is 2. The summed E-state index contributed by atoms with van der Waals surface area (Å²) in [5.41, 5.74) is 1.19. The van der Waals surface area contributed by atoms with E-state index in [1.54, 1.807) is 13.2 Å². The number of ether oxygens (including phenoxy) is 1. The fourth-order valence-corrected chi connectivity index (χ4v) is 3.68. The molecule has 148 valence electrons. The van der Waals surface area contributed by atoms with Crippen LogP contribution >= 0.6 is 0 Å². The van der Waals surface area contributed by atoms with Gasteiger partial charge in [0.05, 0.1) is 24.6 Å². The van der Waals surface area contributed by atoms with Gasteiger partial charge in [0.25, 0.3) is 5.91 Å². The van der Waals surface area contributed by atoms with Gasteiger partial charge in [-0.2, -0.15) is 4.72 Å². The third-order valence-electron chi connectivity index (χ3n) is 4.20. The first-order valence-corrected chi connectivity index (χ1v) is 10.2. The van der Waals surface area contributed by atoms with Crippen LogP contribution < -0.4 is 14.8 Å². The number of terminal acetylenes is 1. The van der Waals surface area contributed by atoms with Crippen LogP contribution in [0.1, 0.15) is 35.8 Å². The third kappa shape index (κ3) is 5.35. The number of carbonyl (C=O) groups is 1. The number of hydrogen-bond acceptors (Lipinski definition) is 4. The Labute approximate surface area is 166 Å². The predicted molar refractivity (Wildman–Crippen MR) is 109 cm³/mol. The molecule has 0 heterocycles. The Balaban J connectivity index is 2.24. The van der Waals surface area contributed by atoms with E-state index in [9.17, 15) is 13.2 Å². The Morgan fingerprint density at radius 3 is 2.43 bits per heavy atom. The molecule has 0 fully saturated rings. The number of sulfonamides is 1. The van der Waals surface area contributed by atoms with Gasteiger partial charge in [0.15, 0.2) is 0 Å². The SMILES string of the molecule is C#CCNS(=O)(=O)c1cccc(C(=O)NC(c2ccc(OC)cc2)C(C)C)c1. The van der Waals surface area contributed by atoms with Gasteiger partial charge in [-0.1, -0.05) is 38.0 Å². The average Bonchev–Trinajstić information content (AvgIpc) is 2.70. The van der Waals surface area contributed by atoms with Crippen molar-refractivity contribution >= 4 is 15.9 Å². The second-order valence-electron chi connectivity index (χ2n) is 6.52. The van der Waals surface area contributed by atoms with E-state index in [0.717, 1.165) is 11.3 Å². The van der Waals surface area contributed by atoms with Gasteiger partial charge >= 0.3 is 0 Å². The van der Waals surface area contributed by atoms with Crippen LogP contribution in [0, 0.1) is 18.3 Å². The normalized spacial score (nSPS) is 12.2. The average molecular weight is 401 g/mol. The summed E-state index contributed by atoms with van der Waals surface area (Å²) in [4.78, 5) is 12.8. The number of carbonyl (C=O) groups excluding carboxylic acids is 1. The Kier molecular flexibility index (Phi) is 7.21. The van der Waals surface area contributed by atoms with Crippen molar-refractivity contribution in [1.29, 1.82) is 0 Å². The fraction of sp³-hybridized carbons (Fsp3) is 0.286. The topological polar surface area (TPSA) is 84.5 Å². The largest absolute Gasteiger partial charge is 0.497 e. The van der Waals surface area contributed by atoms with Gasteiger partial charge in [0.1, 0.15) is 5.75 Å². The van der Waals surface area contributed by atoms with Crippen LogP contribution in [-0.2, 0) is 10.0 Å². The molecule has 28 heavy (non-hydrogen) atoms. The van der Waals surface area contributed by atoms with Crippen molar-refractivity contribution in [3.8, 4) is 18.1 Å². The van der Waals surface area contributed by atoms with E-state index in [4.69, 9.17) is 11.2 Å². The van der Waals surface area contributed by atoms with Crippen LogP contribution in [0.5, 0.6) is 5.75 Å². The molecule has 1 amide bonds. The quantitative estimate of drug-likeness (QED) is 0.668. The second kappa shape index (κ2) is 9.40. The minimum Gasteiger partial charge on any atom is -0.497 e. The molecular formula is C21H24N2O4S. The molecule has 0 aliphatic rings. The molecule has 1 atom stereocenters. The van der Waals surface area contributed by atoms with Crippen molar-refractivity contribution in [3.63, 3.8) is 0 Å².